The molecule has 0 radical (unpaired) electrons. The van der Waals surface area contributed by atoms with E-state index in [0.29, 0.717) is 5.02 Å². The van der Waals surface area contributed by atoms with Crippen LogP contribution in [0.2, 0.25) is 5.02 Å². The molecule has 2 aliphatic rings. The van der Waals surface area contributed by atoms with Crippen molar-refractivity contribution in [1.82, 2.24) is 10.3 Å². The van der Waals surface area contributed by atoms with Crippen molar-refractivity contribution in [2.75, 3.05) is 13.2 Å². The summed E-state index contributed by atoms with van der Waals surface area (Å²) in [6.45, 7) is 1.86. The van der Waals surface area contributed by atoms with Crippen LogP contribution in [0, 0.1) is 5.92 Å². The standard InChI is InChI=1S/C11H13ClN2O.ClH/c12-9-3-10(6-13-5-9)15-7-11-4-8(11)1-2-14-11;/h3,5-6,8,14H,1-2,4,7H2;1H/t8-,11-;/m1./s1. The number of hydrogen-bond acceptors (Lipinski definition) is 3. The highest BCUT2D eigenvalue weighted by atomic mass is 35.5. The van der Waals surface area contributed by atoms with Gasteiger partial charge in [-0.1, -0.05) is 11.6 Å². The third-order valence-electron chi connectivity index (χ3n) is 3.38. The van der Waals surface area contributed by atoms with E-state index in [1.54, 1.807) is 18.5 Å². The van der Waals surface area contributed by atoms with Crippen LogP contribution in [0.15, 0.2) is 18.5 Å². The molecule has 88 valence electrons. The maximum atomic E-state index is 5.83. The Bertz CT molecular complexity index is 388. The van der Waals surface area contributed by atoms with E-state index in [9.17, 15) is 0 Å². The number of nitrogens with zero attached hydrogens (tertiary/aromatic N) is 1. The summed E-state index contributed by atoms with van der Waals surface area (Å²) >= 11 is 5.83. The molecule has 1 aliphatic carbocycles. The fourth-order valence-corrected chi connectivity index (χ4v) is 2.55. The molecule has 0 amide bonds. The lowest BCUT2D eigenvalue weighted by Crippen LogP contribution is -2.34. The normalized spacial score (nSPS) is 30.4. The molecule has 5 heteroatoms. The van der Waals surface area contributed by atoms with Gasteiger partial charge >= 0.3 is 0 Å². The molecule has 1 N–H and O–H groups in total. The van der Waals surface area contributed by atoms with Gasteiger partial charge in [-0.25, -0.2) is 0 Å². The molecule has 1 aliphatic heterocycles. The zero-order valence-electron chi connectivity index (χ0n) is 8.78. The van der Waals surface area contributed by atoms with E-state index >= 15 is 0 Å². The summed E-state index contributed by atoms with van der Waals surface area (Å²) < 4.78 is 5.71. The number of piperidine rings is 1. The molecular formula is C11H14Cl2N2O. The molecule has 0 unspecified atom stereocenters. The van der Waals surface area contributed by atoms with Crippen LogP contribution < -0.4 is 10.1 Å². The summed E-state index contributed by atoms with van der Waals surface area (Å²) in [6, 6.07) is 1.80. The highest BCUT2D eigenvalue weighted by molar-refractivity contribution is 6.30. The van der Waals surface area contributed by atoms with E-state index in [1.807, 2.05) is 0 Å². The Morgan fingerprint density at radius 3 is 3.06 bits per heavy atom. The fraction of sp³-hybridized carbons (Fsp3) is 0.545. The first kappa shape index (κ1) is 12.0. The van der Waals surface area contributed by atoms with Gasteiger partial charge in [-0.05, 0) is 25.3 Å². The van der Waals surface area contributed by atoms with Crippen LogP contribution in [0.3, 0.4) is 0 Å². The van der Waals surface area contributed by atoms with Crippen molar-refractivity contribution in [2.45, 2.75) is 18.4 Å². The lowest BCUT2D eigenvalue weighted by Gasteiger charge is -2.14. The molecule has 1 aromatic rings. The molecular weight excluding hydrogens is 247 g/mol. The Morgan fingerprint density at radius 2 is 2.44 bits per heavy atom. The molecule has 16 heavy (non-hydrogen) atoms. The molecule has 1 saturated carbocycles. The molecule has 2 fully saturated rings. The summed E-state index contributed by atoms with van der Waals surface area (Å²) in [5, 5.41) is 4.14. The van der Waals surface area contributed by atoms with E-state index in [-0.39, 0.29) is 17.9 Å². The first-order valence-electron chi connectivity index (χ1n) is 5.27. The molecule has 3 nitrogen and oxygen atoms in total. The van der Waals surface area contributed by atoms with E-state index in [4.69, 9.17) is 16.3 Å². The predicted octanol–water partition coefficient (Wildman–Crippen LogP) is 2.29. The maximum Gasteiger partial charge on any atom is 0.139 e. The van der Waals surface area contributed by atoms with Crippen molar-refractivity contribution >= 4 is 24.0 Å². The second kappa shape index (κ2) is 4.40. The molecule has 0 spiro atoms. The smallest absolute Gasteiger partial charge is 0.139 e. The Kier molecular flexibility index (Phi) is 3.29. The summed E-state index contributed by atoms with van der Waals surface area (Å²) in [7, 11) is 0. The second-order valence-corrected chi connectivity index (χ2v) is 4.84. The molecule has 2 atom stereocenters. The summed E-state index contributed by atoms with van der Waals surface area (Å²) in [6.07, 6.45) is 5.85. The SMILES string of the molecule is Cl.Clc1cncc(OC[C@]23C[C@H]2CCN3)c1. The van der Waals surface area contributed by atoms with Crippen LogP contribution >= 0.6 is 24.0 Å². The van der Waals surface area contributed by atoms with E-state index in [2.05, 4.69) is 10.3 Å². The monoisotopic (exact) mass is 260 g/mol. The lowest BCUT2D eigenvalue weighted by molar-refractivity contribution is 0.257. The minimum Gasteiger partial charge on any atom is -0.490 e. The first-order chi connectivity index (χ1) is 7.28. The van der Waals surface area contributed by atoms with Crippen molar-refractivity contribution < 1.29 is 4.74 Å². The fourth-order valence-electron chi connectivity index (χ4n) is 2.38. The van der Waals surface area contributed by atoms with Crippen LogP contribution in [-0.2, 0) is 0 Å². The number of aromatic nitrogens is 1. The van der Waals surface area contributed by atoms with Crippen LogP contribution in [0.25, 0.3) is 0 Å². The number of halogens is 2. The molecule has 0 aromatic carbocycles. The molecule has 2 heterocycles. The van der Waals surface area contributed by atoms with E-state index in [1.165, 1.54) is 12.8 Å². The quantitative estimate of drug-likeness (QED) is 0.906. The Hall–Kier alpha value is -0.510. The minimum absolute atomic E-state index is 0. The van der Waals surface area contributed by atoms with E-state index < -0.39 is 0 Å². The van der Waals surface area contributed by atoms with Crippen LogP contribution in [0.1, 0.15) is 12.8 Å². The Morgan fingerprint density at radius 1 is 1.56 bits per heavy atom. The van der Waals surface area contributed by atoms with E-state index in [0.717, 1.165) is 24.8 Å². The lowest BCUT2D eigenvalue weighted by atomic mass is 10.2. The number of hydrogen-bond donors (Lipinski definition) is 1. The van der Waals surface area contributed by atoms with Gasteiger partial charge in [-0.3, -0.25) is 4.98 Å². The highest BCUT2D eigenvalue weighted by Crippen LogP contribution is 2.49. The van der Waals surface area contributed by atoms with Gasteiger partial charge in [-0.15, -0.1) is 12.4 Å². The van der Waals surface area contributed by atoms with Gasteiger partial charge in [0.05, 0.1) is 16.8 Å². The minimum atomic E-state index is 0. The number of rotatable bonds is 3. The van der Waals surface area contributed by atoms with Gasteiger partial charge in [0.2, 0.25) is 0 Å². The van der Waals surface area contributed by atoms with Gasteiger partial charge in [0, 0.05) is 12.3 Å². The third-order valence-corrected chi connectivity index (χ3v) is 3.58. The summed E-state index contributed by atoms with van der Waals surface area (Å²) in [4.78, 5) is 3.99. The van der Waals surface area contributed by atoms with Gasteiger partial charge < -0.3 is 10.1 Å². The first-order valence-corrected chi connectivity index (χ1v) is 5.65. The molecule has 1 aromatic heterocycles. The maximum absolute atomic E-state index is 5.83. The van der Waals surface area contributed by atoms with Gasteiger partial charge in [-0.2, -0.15) is 0 Å². The second-order valence-electron chi connectivity index (χ2n) is 4.40. The predicted molar refractivity (Wildman–Crippen MR) is 65.4 cm³/mol. The average molecular weight is 261 g/mol. The van der Waals surface area contributed by atoms with Crippen molar-refractivity contribution in [3.63, 3.8) is 0 Å². The Labute approximate surface area is 106 Å². The van der Waals surface area contributed by atoms with Gasteiger partial charge in [0.25, 0.3) is 0 Å². The average Bonchev–Trinajstić information content (AvgIpc) is 2.79. The van der Waals surface area contributed by atoms with Crippen LogP contribution in [-0.4, -0.2) is 23.7 Å². The number of ether oxygens (including phenoxy) is 1. The molecule has 1 saturated heterocycles. The van der Waals surface area contributed by atoms with Crippen LogP contribution in [0.5, 0.6) is 5.75 Å². The number of pyridine rings is 1. The van der Waals surface area contributed by atoms with Crippen molar-refractivity contribution in [1.29, 1.82) is 0 Å². The highest BCUT2D eigenvalue weighted by Gasteiger charge is 2.57. The van der Waals surface area contributed by atoms with Crippen molar-refractivity contribution in [3.05, 3.63) is 23.5 Å². The van der Waals surface area contributed by atoms with Crippen molar-refractivity contribution in [3.8, 4) is 5.75 Å². The number of nitrogens with one attached hydrogen (secondary N) is 1. The largest absolute Gasteiger partial charge is 0.490 e. The number of fused-ring (bicyclic) bond motifs is 1. The van der Waals surface area contributed by atoms with Gasteiger partial charge in [0.15, 0.2) is 0 Å². The Balaban J connectivity index is 0.000000963. The van der Waals surface area contributed by atoms with Crippen LogP contribution in [0.4, 0.5) is 0 Å². The summed E-state index contributed by atoms with van der Waals surface area (Å²) in [5.41, 5.74) is 0.266. The topological polar surface area (TPSA) is 34.1 Å². The van der Waals surface area contributed by atoms with Gasteiger partial charge in [0.1, 0.15) is 12.4 Å². The summed E-state index contributed by atoms with van der Waals surface area (Å²) in [5.74, 6) is 1.58. The van der Waals surface area contributed by atoms with Crippen molar-refractivity contribution in [2.24, 2.45) is 5.92 Å². The third kappa shape index (κ3) is 2.12. The zero-order valence-corrected chi connectivity index (χ0v) is 10.4. The zero-order chi connectivity index (χ0) is 10.3. The molecule has 0 bridgehead atoms. The molecule has 3 rings (SSSR count).